The molecule has 25 heavy (non-hydrogen) atoms. The summed E-state index contributed by atoms with van der Waals surface area (Å²) in [5.74, 6) is -0.512. The van der Waals surface area contributed by atoms with Gasteiger partial charge in [-0.05, 0) is 25.7 Å². The summed E-state index contributed by atoms with van der Waals surface area (Å²) in [4.78, 5) is 33.9. The zero-order valence-corrected chi connectivity index (χ0v) is 14.5. The number of carboxylic acids is 1. The molecule has 1 saturated heterocycles. The number of carboxylic acid groups (broad SMARTS) is 1. The molecule has 136 valence electrons. The average Bonchev–Trinajstić information content (AvgIpc) is 2.90. The molecule has 1 aromatic heterocycles. The van der Waals surface area contributed by atoms with E-state index >= 15 is 0 Å². The fourth-order valence-electron chi connectivity index (χ4n) is 3.81. The van der Waals surface area contributed by atoms with Gasteiger partial charge in [0.2, 0.25) is 5.91 Å². The fraction of sp³-hybridized carbons (Fsp3) is 0.667. The Kier molecular flexibility index (Phi) is 5.83. The number of carbonyl (C=O) groups is 2. The Morgan fingerprint density at radius 3 is 2.28 bits per heavy atom. The van der Waals surface area contributed by atoms with Gasteiger partial charge in [-0.3, -0.25) is 4.79 Å². The lowest BCUT2D eigenvalue weighted by molar-refractivity contribution is -0.126. The molecule has 0 aromatic carbocycles. The van der Waals surface area contributed by atoms with Crippen LogP contribution in [0.1, 0.15) is 61.9 Å². The highest BCUT2D eigenvalue weighted by Crippen LogP contribution is 2.25. The molecule has 2 N–H and O–H groups in total. The van der Waals surface area contributed by atoms with Crippen molar-refractivity contribution < 1.29 is 14.7 Å². The molecule has 1 aliphatic carbocycles. The van der Waals surface area contributed by atoms with Crippen LogP contribution >= 0.6 is 0 Å². The maximum Gasteiger partial charge on any atom is 0.358 e. The number of aromatic carboxylic acids is 1. The van der Waals surface area contributed by atoms with E-state index in [-0.39, 0.29) is 17.5 Å². The van der Waals surface area contributed by atoms with Gasteiger partial charge in [-0.25, -0.2) is 14.8 Å². The van der Waals surface area contributed by atoms with Crippen LogP contribution in [0.2, 0.25) is 0 Å². The lowest BCUT2D eigenvalue weighted by Crippen LogP contribution is -2.44. The number of amides is 1. The van der Waals surface area contributed by atoms with Crippen molar-refractivity contribution in [2.45, 2.75) is 57.4 Å². The van der Waals surface area contributed by atoms with Gasteiger partial charge in [-0.2, -0.15) is 0 Å². The summed E-state index contributed by atoms with van der Waals surface area (Å²) in [6.45, 7) is 1.25. The van der Waals surface area contributed by atoms with Crippen molar-refractivity contribution in [3.63, 3.8) is 0 Å². The van der Waals surface area contributed by atoms with E-state index < -0.39 is 5.97 Å². The minimum Gasteiger partial charge on any atom is -0.476 e. The van der Waals surface area contributed by atoms with E-state index in [9.17, 15) is 14.7 Å². The third-order valence-electron chi connectivity index (χ3n) is 5.25. The van der Waals surface area contributed by atoms with Crippen molar-refractivity contribution in [2.24, 2.45) is 5.92 Å². The molecule has 0 unspecified atom stereocenters. The molecule has 0 bridgehead atoms. The van der Waals surface area contributed by atoms with Crippen molar-refractivity contribution in [2.75, 3.05) is 18.0 Å². The van der Waals surface area contributed by atoms with Crippen molar-refractivity contribution in [1.82, 2.24) is 15.3 Å². The van der Waals surface area contributed by atoms with E-state index in [0.29, 0.717) is 37.8 Å². The number of nitrogens with zero attached hydrogens (tertiary/aromatic N) is 3. The first kappa shape index (κ1) is 17.6. The predicted molar refractivity (Wildman–Crippen MR) is 93.6 cm³/mol. The highest BCUT2D eigenvalue weighted by molar-refractivity contribution is 5.91. The molecule has 2 aliphatic rings. The van der Waals surface area contributed by atoms with Gasteiger partial charge in [0.15, 0.2) is 11.5 Å². The number of anilines is 1. The first-order valence-electron chi connectivity index (χ1n) is 9.25. The summed E-state index contributed by atoms with van der Waals surface area (Å²) in [6, 6.07) is 0.326. The number of aromatic nitrogens is 2. The van der Waals surface area contributed by atoms with Crippen LogP contribution in [0.4, 0.5) is 5.82 Å². The molecule has 7 nitrogen and oxygen atoms in total. The van der Waals surface area contributed by atoms with Crippen LogP contribution in [0.5, 0.6) is 0 Å². The Morgan fingerprint density at radius 2 is 1.64 bits per heavy atom. The number of nitrogens with one attached hydrogen (secondary N) is 1. The standard InChI is InChI=1S/C18H26N4O3/c23-17(21-14-5-3-1-2-4-6-14)13-7-11-22(12-8-13)16-15(18(24)25)19-9-10-20-16/h9-10,13-14H,1-8,11-12H2,(H,21,23)(H,24,25). The van der Waals surface area contributed by atoms with Gasteiger partial charge < -0.3 is 15.3 Å². The van der Waals surface area contributed by atoms with Crippen molar-refractivity contribution in [3.05, 3.63) is 18.1 Å². The molecule has 3 rings (SSSR count). The molecule has 1 aromatic rings. The van der Waals surface area contributed by atoms with E-state index in [1.807, 2.05) is 4.90 Å². The van der Waals surface area contributed by atoms with Gasteiger partial charge in [0.25, 0.3) is 0 Å². The van der Waals surface area contributed by atoms with E-state index in [1.165, 1.54) is 38.1 Å². The maximum atomic E-state index is 12.5. The van der Waals surface area contributed by atoms with Crippen molar-refractivity contribution >= 4 is 17.7 Å². The summed E-state index contributed by atoms with van der Waals surface area (Å²) >= 11 is 0. The summed E-state index contributed by atoms with van der Waals surface area (Å²) < 4.78 is 0. The summed E-state index contributed by atoms with van der Waals surface area (Å²) in [6.07, 6.45) is 11.5. The van der Waals surface area contributed by atoms with Crippen LogP contribution in [-0.2, 0) is 4.79 Å². The molecule has 1 saturated carbocycles. The average molecular weight is 346 g/mol. The third kappa shape index (κ3) is 4.46. The van der Waals surface area contributed by atoms with Crippen molar-refractivity contribution in [3.8, 4) is 0 Å². The van der Waals surface area contributed by atoms with Crippen LogP contribution in [0, 0.1) is 5.92 Å². The van der Waals surface area contributed by atoms with Crippen LogP contribution in [0.25, 0.3) is 0 Å². The Balaban J connectivity index is 1.55. The molecule has 1 amide bonds. The predicted octanol–water partition coefficient (Wildman–Crippen LogP) is 2.23. The van der Waals surface area contributed by atoms with Gasteiger partial charge in [-0.1, -0.05) is 25.7 Å². The number of hydrogen-bond donors (Lipinski definition) is 2. The zero-order chi connectivity index (χ0) is 17.6. The third-order valence-corrected chi connectivity index (χ3v) is 5.25. The zero-order valence-electron chi connectivity index (χ0n) is 14.5. The molecular weight excluding hydrogens is 320 g/mol. The van der Waals surface area contributed by atoms with Gasteiger partial charge >= 0.3 is 5.97 Å². The minimum absolute atomic E-state index is 0.00412. The highest BCUT2D eigenvalue weighted by atomic mass is 16.4. The summed E-state index contributed by atoms with van der Waals surface area (Å²) in [5, 5.41) is 12.5. The van der Waals surface area contributed by atoms with Gasteiger partial charge in [-0.15, -0.1) is 0 Å². The molecule has 7 heteroatoms. The molecule has 2 heterocycles. The quantitative estimate of drug-likeness (QED) is 0.812. The summed E-state index contributed by atoms with van der Waals surface area (Å²) in [7, 11) is 0. The van der Waals surface area contributed by atoms with E-state index in [0.717, 1.165) is 12.8 Å². The first-order chi connectivity index (χ1) is 12.1. The highest BCUT2D eigenvalue weighted by Gasteiger charge is 2.29. The second-order valence-corrected chi connectivity index (χ2v) is 6.99. The Labute approximate surface area is 147 Å². The van der Waals surface area contributed by atoms with E-state index in [4.69, 9.17) is 0 Å². The van der Waals surface area contributed by atoms with E-state index in [2.05, 4.69) is 15.3 Å². The molecule has 1 aliphatic heterocycles. The number of piperidine rings is 1. The SMILES string of the molecule is O=C(O)c1nccnc1N1CCC(C(=O)NC2CCCCCC2)CC1. The molecule has 0 atom stereocenters. The molecule has 2 fully saturated rings. The smallest absolute Gasteiger partial charge is 0.358 e. The second-order valence-electron chi connectivity index (χ2n) is 6.99. The van der Waals surface area contributed by atoms with Crippen LogP contribution in [-0.4, -0.2) is 46.1 Å². The first-order valence-corrected chi connectivity index (χ1v) is 9.25. The molecule has 0 spiro atoms. The fourth-order valence-corrected chi connectivity index (χ4v) is 3.81. The Bertz CT molecular complexity index is 606. The van der Waals surface area contributed by atoms with Crippen LogP contribution in [0.15, 0.2) is 12.4 Å². The number of hydrogen-bond acceptors (Lipinski definition) is 5. The van der Waals surface area contributed by atoms with Crippen LogP contribution < -0.4 is 10.2 Å². The number of carbonyl (C=O) groups excluding carboxylic acids is 1. The number of rotatable bonds is 4. The molecular formula is C18H26N4O3. The van der Waals surface area contributed by atoms with Gasteiger partial charge in [0.1, 0.15) is 0 Å². The lowest BCUT2D eigenvalue weighted by Gasteiger charge is -2.33. The second kappa shape index (κ2) is 8.27. The normalized spacial score (nSPS) is 20.1. The Morgan fingerprint density at radius 1 is 1.00 bits per heavy atom. The molecule has 0 radical (unpaired) electrons. The minimum atomic E-state index is -1.07. The van der Waals surface area contributed by atoms with Crippen molar-refractivity contribution in [1.29, 1.82) is 0 Å². The van der Waals surface area contributed by atoms with Gasteiger partial charge in [0, 0.05) is 37.4 Å². The van der Waals surface area contributed by atoms with Crippen LogP contribution in [0.3, 0.4) is 0 Å². The Hall–Kier alpha value is -2.18. The largest absolute Gasteiger partial charge is 0.476 e. The van der Waals surface area contributed by atoms with Gasteiger partial charge in [0.05, 0.1) is 0 Å². The summed E-state index contributed by atoms with van der Waals surface area (Å²) in [5.41, 5.74) is -0.0242. The monoisotopic (exact) mass is 346 g/mol. The topological polar surface area (TPSA) is 95.4 Å². The van der Waals surface area contributed by atoms with E-state index in [1.54, 1.807) is 0 Å². The maximum absolute atomic E-state index is 12.5. The lowest BCUT2D eigenvalue weighted by atomic mass is 9.95.